The molecule has 18 heteroatoms. The van der Waals surface area contributed by atoms with Crippen LogP contribution in [-0.4, -0.2) is 106 Å². The Morgan fingerprint density at radius 3 is 1.50 bits per heavy atom. The molecule has 0 unspecified atom stereocenters. The number of anilines is 1. The Labute approximate surface area is 362 Å². The number of alkyl carbamates (subject to hydrolysis) is 2. The predicted molar refractivity (Wildman–Crippen MR) is 233 cm³/mol. The molecular weight excluding hydrogens is 804 g/mol. The van der Waals surface area contributed by atoms with Gasteiger partial charge in [0.2, 0.25) is 11.9 Å². The average molecular weight is 863 g/mol. The Bertz CT molecular complexity index is 2140. The number of pyridine rings is 1. The summed E-state index contributed by atoms with van der Waals surface area (Å²) in [4.78, 5) is 79.4. The first kappa shape index (κ1) is 48.3. The van der Waals surface area contributed by atoms with E-state index in [0.29, 0.717) is 48.4 Å². The van der Waals surface area contributed by atoms with Gasteiger partial charge < -0.3 is 34.1 Å². The van der Waals surface area contributed by atoms with Crippen molar-refractivity contribution < 1.29 is 47.3 Å². The number of nitrogens with zero attached hydrogens (tertiary/aromatic N) is 5. The van der Waals surface area contributed by atoms with Crippen molar-refractivity contribution >= 4 is 59.0 Å². The summed E-state index contributed by atoms with van der Waals surface area (Å²) in [7, 11) is 0. The molecule has 3 heterocycles. The average Bonchev–Trinajstić information content (AvgIpc) is 3.11. The van der Waals surface area contributed by atoms with E-state index >= 15 is 4.39 Å². The van der Waals surface area contributed by atoms with Gasteiger partial charge in [0, 0.05) is 37.3 Å². The molecule has 17 nitrogen and oxygen atoms in total. The number of aromatic nitrogens is 1. The molecule has 0 saturated heterocycles. The fourth-order valence-corrected chi connectivity index (χ4v) is 5.87. The Morgan fingerprint density at radius 2 is 1.11 bits per heavy atom. The third-order valence-electron chi connectivity index (χ3n) is 8.35. The van der Waals surface area contributed by atoms with Gasteiger partial charge in [-0.1, -0.05) is 18.2 Å². The highest BCUT2D eigenvalue weighted by molar-refractivity contribution is 6.04. The summed E-state index contributed by atoms with van der Waals surface area (Å²) in [5.41, 5.74) is -0.132. The van der Waals surface area contributed by atoms with Crippen LogP contribution < -0.4 is 16.0 Å². The summed E-state index contributed by atoms with van der Waals surface area (Å²) >= 11 is 0. The fourth-order valence-electron chi connectivity index (χ4n) is 5.87. The number of benzene rings is 1. The van der Waals surface area contributed by atoms with E-state index in [1.165, 1.54) is 18.3 Å². The van der Waals surface area contributed by atoms with Gasteiger partial charge in [-0.15, -0.1) is 9.98 Å². The minimum absolute atomic E-state index is 0.00760. The van der Waals surface area contributed by atoms with Crippen molar-refractivity contribution in [1.82, 2.24) is 25.4 Å². The summed E-state index contributed by atoms with van der Waals surface area (Å²) in [6, 6.07) is 7.66. The molecule has 0 radical (unpaired) electrons. The summed E-state index contributed by atoms with van der Waals surface area (Å²) < 4.78 is 36.9. The normalized spacial score (nSPS) is 15.4. The van der Waals surface area contributed by atoms with E-state index in [9.17, 15) is 24.0 Å². The molecule has 2 aromatic rings. The molecule has 1 aromatic carbocycles. The molecule has 3 N–H and O–H groups in total. The summed E-state index contributed by atoms with van der Waals surface area (Å²) in [6.45, 7) is 21.7. The highest BCUT2D eigenvalue weighted by Crippen LogP contribution is 2.27. The van der Waals surface area contributed by atoms with E-state index in [4.69, 9.17) is 18.9 Å². The van der Waals surface area contributed by atoms with Gasteiger partial charge in [-0.3, -0.25) is 20.4 Å². The summed E-state index contributed by atoms with van der Waals surface area (Å²) in [6.07, 6.45) is 2.66. The molecule has 0 saturated carbocycles. The van der Waals surface area contributed by atoms with Crippen LogP contribution >= 0.6 is 0 Å². The molecule has 0 atom stereocenters. The van der Waals surface area contributed by atoms with Gasteiger partial charge in [-0.05, 0) is 131 Å². The number of aliphatic imine (C=N–C) groups is 2. The summed E-state index contributed by atoms with van der Waals surface area (Å²) in [5.74, 6) is -1.20. The Kier molecular flexibility index (Phi) is 15.3. The first-order valence-electron chi connectivity index (χ1n) is 20.2. The molecule has 0 aliphatic carbocycles. The molecule has 5 amide bonds. The van der Waals surface area contributed by atoms with E-state index in [1.807, 2.05) is 6.08 Å². The molecule has 0 bridgehead atoms. The van der Waals surface area contributed by atoms with Crippen LogP contribution in [0.15, 0.2) is 58.7 Å². The van der Waals surface area contributed by atoms with Gasteiger partial charge in [-0.25, -0.2) is 23.6 Å². The van der Waals surface area contributed by atoms with Crippen molar-refractivity contribution in [2.45, 2.75) is 118 Å². The van der Waals surface area contributed by atoms with Crippen molar-refractivity contribution in [3.05, 3.63) is 71.3 Å². The highest BCUT2D eigenvalue weighted by atomic mass is 19.1. The number of hydrogen-bond donors (Lipinski definition) is 3. The molecule has 0 fully saturated rings. The Morgan fingerprint density at radius 1 is 0.645 bits per heavy atom. The number of rotatable bonds is 4. The lowest BCUT2D eigenvalue weighted by Gasteiger charge is -2.30. The van der Waals surface area contributed by atoms with Crippen molar-refractivity contribution in [1.29, 1.82) is 0 Å². The second kappa shape index (κ2) is 19.6. The van der Waals surface area contributed by atoms with E-state index in [-0.39, 0.29) is 30.6 Å². The molecule has 4 rings (SSSR count). The van der Waals surface area contributed by atoms with Crippen molar-refractivity contribution in [2.75, 3.05) is 31.5 Å². The molecule has 62 heavy (non-hydrogen) atoms. The summed E-state index contributed by atoms with van der Waals surface area (Å²) in [5, 5.41) is 7.87. The van der Waals surface area contributed by atoms with Crippen LogP contribution in [0.2, 0.25) is 0 Å². The van der Waals surface area contributed by atoms with Crippen LogP contribution in [0.5, 0.6) is 0 Å². The number of halogens is 1. The SMILES string of the molecule is CC(C)(C)OC(=O)N=C(NC(=O)OC(C)(C)C)N1CC=C(c2ccc(NC(=O)c3ccc(C4=CCN(C(=NC(=O)OC(C)(C)C)NC(=O)OC(C)(C)C)CC4)c(F)c3)cn2)CC1. The van der Waals surface area contributed by atoms with E-state index < -0.39 is 58.5 Å². The number of amides is 5. The second-order valence-corrected chi connectivity index (χ2v) is 18.5. The van der Waals surface area contributed by atoms with Crippen LogP contribution in [-0.2, 0) is 18.9 Å². The number of hydrogen-bond acceptors (Lipinski definition) is 10. The van der Waals surface area contributed by atoms with E-state index in [1.54, 1.807) is 111 Å². The molecular formula is C44H59FN8O9. The van der Waals surface area contributed by atoms with Gasteiger partial charge in [-0.2, -0.15) is 0 Å². The van der Waals surface area contributed by atoms with Gasteiger partial charge in [0.25, 0.3) is 5.91 Å². The maximum absolute atomic E-state index is 15.6. The number of nitrogens with one attached hydrogen (secondary N) is 3. The second-order valence-electron chi connectivity index (χ2n) is 18.5. The monoisotopic (exact) mass is 862 g/mol. The van der Waals surface area contributed by atoms with Gasteiger partial charge in [0.05, 0.1) is 17.6 Å². The molecule has 336 valence electrons. The van der Waals surface area contributed by atoms with Gasteiger partial charge >= 0.3 is 24.4 Å². The first-order chi connectivity index (χ1) is 28.6. The minimum atomic E-state index is -0.894. The number of ether oxygens (including phenoxy) is 4. The van der Waals surface area contributed by atoms with E-state index in [2.05, 4.69) is 30.9 Å². The van der Waals surface area contributed by atoms with Crippen molar-refractivity contribution in [3.8, 4) is 0 Å². The van der Waals surface area contributed by atoms with Crippen LogP contribution in [0.1, 0.15) is 118 Å². The fraction of sp³-hybridized carbons (Fsp3) is 0.500. The lowest BCUT2D eigenvalue weighted by molar-refractivity contribution is 0.0536. The van der Waals surface area contributed by atoms with Crippen molar-refractivity contribution in [2.24, 2.45) is 9.98 Å². The largest absolute Gasteiger partial charge is 0.444 e. The quantitative estimate of drug-likeness (QED) is 0.151. The first-order valence-corrected chi connectivity index (χ1v) is 20.2. The molecule has 2 aliphatic heterocycles. The topological polar surface area (TPSA) is 202 Å². The zero-order valence-corrected chi connectivity index (χ0v) is 37.6. The van der Waals surface area contributed by atoms with Gasteiger partial charge in [0.15, 0.2) is 0 Å². The predicted octanol–water partition coefficient (Wildman–Crippen LogP) is 8.28. The Hall–Kier alpha value is -6.33. The van der Waals surface area contributed by atoms with Crippen LogP contribution in [0.25, 0.3) is 11.1 Å². The van der Waals surface area contributed by atoms with Crippen LogP contribution in [0.4, 0.5) is 29.3 Å². The number of carbonyl (C=O) groups is 5. The standard InChI is InChI=1S/C44H59FN8O9/c1-41(2,3)59-37(55)48-35(49-38(56)60-42(4,5)6)52-21-17-27(18-22-52)31-15-13-29(25-32(31)45)34(54)47-30-14-16-33(46-26-30)28-19-23-53(24-20-28)36(50-39(57)61-43(7,8)9)51-40(58)62-44(10,11)12/h13-17,19,25-26H,18,20-24H2,1-12H3,(H,47,54)(H,48,49,55,56)(H,50,51,57,58). The maximum Gasteiger partial charge on any atom is 0.437 e. The lowest BCUT2D eigenvalue weighted by atomic mass is 9.97. The maximum atomic E-state index is 15.6. The molecule has 2 aliphatic rings. The number of carbonyl (C=O) groups excluding carboxylic acids is 5. The molecule has 1 aromatic heterocycles. The lowest BCUT2D eigenvalue weighted by Crippen LogP contribution is -2.48. The van der Waals surface area contributed by atoms with E-state index in [0.717, 1.165) is 11.6 Å². The third kappa shape index (κ3) is 15.9. The number of guanidine groups is 2. The zero-order valence-electron chi connectivity index (χ0n) is 37.6. The Balaban J connectivity index is 1.40. The third-order valence-corrected chi connectivity index (χ3v) is 8.35. The molecule has 0 spiro atoms. The highest BCUT2D eigenvalue weighted by Gasteiger charge is 2.27. The van der Waals surface area contributed by atoms with Gasteiger partial charge in [0.1, 0.15) is 28.2 Å². The minimum Gasteiger partial charge on any atom is -0.444 e. The van der Waals surface area contributed by atoms with Crippen LogP contribution in [0, 0.1) is 5.82 Å². The zero-order chi connectivity index (χ0) is 46.2. The van der Waals surface area contributed by atoms with Crippen molar-refractivity contribution in [3.63, 3.8) is 0 Å². The smallest absolute Gasteiger partial charge is 0.437 e. The van der Waals surface area contributed by atoms with Crippen LogP contribution in [0.3, 0.4) is 0 Å².